The van der Waals surface area contributed by atoms with E-state index >= 15 is 0 Å². The number of aromatic nitrogens is 8. The number of hydrogen-bond donors (Lipinski definition) is 2. The van der Waals surface area contributed by atoms with Gasteiger partial charge in [-0.25, -0.2) is 14.3 Å². The molecule has 1 fully saturated rings. The highest BCUT2D eigenvalue weighted by molar-refractivity contribution is 5.79. The second kappa shape index (κ2) is 8.20. The van der Waals surface area contributed by atoms with Crippen molar-refractivity contribution in [2.45, 2.75) is 38.3 Å². The molecule has 0 aliphatic carbocycles. The van der Waals surface area contributed by atoms with Crippen LogP contribution in [0.1, 0.15) is 30.7 Å². The molecule has 5 heterocycles. The van der Waals surface area contributed by atoms with E-state index in [0.29, 0.717) is 49.1 Å². The van der Waals surface area contributed by atoms with E-state index in [2.05, 4.69) is 30.4 Å². The molecular weight excluding hydrogens is 426 g/mol. The Morgan fingerprint density at radius 3 is 2.91 bits per heavy atom. The van der Waals surface area contributed by atoms with Gasteiger partial charge in [0.25, 0.3) is 5.56 Å². The summed E-state index contributed by atoms with van der Waals surface area (Å²) >= 11 is 0. The predicted molar refractivity (Wildman–Crippen MR) is 116 cm³/mol. The number of aliphatic hydroxyl groups is 1. The molecule has 0 aromatic carbocycles. The van der Waals surface area contributed by atoms with E-state index in [-0.39, 0.29) is 18.0 Å². The second-order valence-corrected chi connectivity index (χ2v) is 8.24. The first-order valence-corrected chi connectivity index (χ1v) is 10.7. The molecule has 0 saturated carbocycles. The van der Waals surface area contributed by atoms with Crippen LogP contribution in [0.15, 0.2) is 41.8 Å². The number of H-pyrrole nitrogens is 1. The Labute approximate surface area is 187 Å². The van der Waals surface area contributed by atoms with E-state index < -0.39 is 5.60 Å². The van der Waals surface area contributed by atoms with E-state index in [0.717, 1.165) is 11.4 Å². The van der Waals surface area contributed by atoms with Gasteiger partial charge in [0, 0.05) is 18.8 Å². The van der Waals surface area contributed by atoms with E-state index in [9.17, 15) is 14.7 Å². The molecule has 1 atom stereocenters. The van der Waals surface area contributed by atoms with Crippen molar-refractivity contribution in [1.29, 1.82) is 0 Å². The number of nitrogens with zero attached hydrogens (tertiary/aromatic N) is 8. The number of nitrogens with one attached hydrogen (secondary N) is 1. The van der Waals surface area contributed by atoms with Crippen LogP contribution in [0.3, 0.4) is 0 Å². The lowest BCUT2D eigenvalue weighted by Gasteiger charge is -2.24. The molecule has 1 unspecified atom stereocenters. The molecule has 4 aromatic heterocycles. The summed E-state index contributed by atoms with van der Waals surface area (Å²) in [4.78, 5) is 37.4. The smallest absolute Gasteiger partial charge is 0.261 e. The molecule has 0 spiro atoms. The highest BCUT2D eigenvalue weighted by Gasteiger charge is 2.36. The molecule has 170 valence electrons. The minimum Gasteiger partial charge on any atom is -0.383 e. The Balaban J connectivity index is 1.29. The number of amides is 1. The van der Waals surface area contributed by atoms with Gasteiger partial charge in [-0.1, -0.05) is 5.21 Å². The lowest BCUT2D eigenvalue weighted by atomic mass is 9.92. The van der Waals surface area contributed by atoms with Crippen molar-refractivity contribution in [3.05, 3.63) is 58.8 Å². The van der Waals surface area contributed by atoms with Gasteiger partial charge in [-0.2, -0.15) is 5.10 Å². The number of pyridine rings is 1. The Morgan fingerprint density at radius 1 is 1.21 bits per heavy atom. The topological polar surface area (TPSA) is 148 Å². The lowest BCUT2D eigenvalue weighted by molar-refractivity contribution is -0.132. The first kappa shape index (κ1) is 20.9. The first-order valence-electron chi connectivity index (χ1n) is 10.7. The third-order valence-corrected chi connectivity index (χ3v) is 6.02. The average Bonchev–Trinajstić information content (AvgIpc) is 3.41. The van der Waals surface area contributed by atoms with Crippen molar-refractivity contribution >= 4 is 16.9 Å². The lowest BCUT2D eigenvalue weighted by Crippen LogP contribution is -2.36. The van der Waals surface area contributed by atoms with Gasteiger partial charge in [0.2, 0.25) is 5.91 Å². The Morgan fingerprint density at radius 2 is 2.09 bits per heavy atom. The number of carbonyl (C=O) groups excluding carboxylic acids is 1. The second-order valence-electron chi connectivity index (χ2n) is 8.24. The molecule has 12 heteroatoms. The van der Waals surface area contributed by atoms with Crippen LogP contribution in [-0.4, -0.2) is 68.7 Å². The van der Waals surface area contributed by atoms with E-state index in [1.807, 2.05) is 19.1 Å². The molecule has 0 bridgehead atoms. The summed E-state index contributed by atoms with van der Waals surface area (Å²) in [6.07, 6.45) is 7.52. The summed E-state index contributed by atoms with van der Waals surface area (Å²) in [5.41, 5.74) is 1.01. The number of rotatable bonds is 4. The fourth-order valence-corrected chi connectivity index (χ4v) is 4.07. The molecule has 1 saturated heterocycles. The molecule has 4 aromatic rings. The number of aryl methyl sites for hydroxylation is 1. The van der Waals surface area contributed by atoms with Crippen LogP contribution >= 0.6 is 0 Å². The molecule has 33 heavy (non-hydrogen) atoms. The standard InChI is InChI=1S/C21H23N9O3/c1-14-3-4-15(9-22-14)29-11-17(26-27-29)21(33)5-2-7-28(8-6-21)18(31)12-30-19-16(10-25-30)20(32)24-13-23-19/h3-4,9-11,13,33H,2,5-8,12H2,1H3,(H,23,24,32). The minimum absolute atomic E-state index is 0.0327. The van der Waals surface area contributed by atoms with Gasteiger partial charge in [-0.3, -0.25) is 14.6 Å². The SMILES string of the molecule is Cc1ccc(-n2cc(C3(O)CCCN(C(=O)Cn4ncc5c(=O)[nH]cnc54)CC3)nn2)cn1. The maximum absolute atomic E-state index is 12.9. The Kier molecular flexibility index (Phi) is 5.21. The van der Waals surface area contributed by atoms with Gasteiger partial charge in [0.15, 0.2) is 5.65 Å². The van der Waals surface area contributed by atoms with E-state index in [1.165, 1.54) is 17.2 Å². The predicted octanol–water partition coefficient (Wildman–Crippen LogP) is 0.304. The third-order valence-electron chi connectivity index (χ3n) is 6.02. The molecular formula is C21H23N9O3. The molecule has 2 N–H and O–H groups in total. The fourth-order valence-electron chi connectivity index (χ4n) is 4.07. The van der Waals surface area contributed by atoms with Gasteiger partial charge in [-0.15, -0.1) is 5.10 Å². The van der Waals surface area contributed by atoms with Gasteiger partial charge in [-0.05, 0) is 38.3 Å². The monoisotopic (exact) mass is 449 g/mol. The zero-order chi connectivity index (χ0) is 23.0. The summed E-state index contributed by atoms with van der Waals surface area (Å²) in [5, 5.41) is 24.1. The number of hydrogen-bond acceptors (Lipinski definition) is 8. The van der Waals surface area contributed by atoms with Crippen molar-refractivity contribution in [2.75, 3.05) is 13.1 Å². The summed E-state index contributed by atoms with van der Waals surface area (Å²) in [5.74, 6) is -0.152. The summed E-state index contributed by atoms with van der Waals surface area (Å²) in [7, 11) is 0. The van der Waals surface area contributed by atoms with Crippen LogP contribution in [0, 0.1) is 6.92 Å². The van der Waals surface area contributed by atoms with Crippen molar-refractivity contribution in [1.82, 2.24) is 44.6 Å². The molecule has 1 aliphatic heterocycles. The zero-order valence-electron chi connectivity index (χ0n) is 18.0. The molecule has 12 nitrogen and oxygen atoms in total. The van der Waals surface area contributed by atoms with Crippen molar-refractivity contribution in [3.63, 3.8) is 0 Å². The van der Waals surface area contributed by atoms with Crippen LogP contribution in [-0.2, 0) is 16.9 Å². The maximum atomic E-state index is 12.9. The number of carbonyl (C=O) groups is 1. The maximum Gasteiger partial charge on any atom is 0.261 e. The third kappa shape index (κ3) is 4.00. The van der Waals surface area contributed by atoms with Crippen LogP contribution in [0.4, 0.5) is 0 Å². The van der Waals surface area contributed by atoms with Crippen LogP contribution in [0.5, 0.6) is 0 Å². The molecule has 0 radical (unpaired) electrons. The summed E-state index contributed by atoms with van der Waals surface area (Å²) in [6, 6.07) is 3.77. The fraction of sp³-hybridized carbons (Fsp3) is 0.381. The quantitative estimate of drug-likeness (QED) is 0.452. The van der Waals surface area contributed by atoms with Crippen molar-refractivity contribution in [3.8, 4) is 5.69 Å². The highest BCUT2D eigenvalue weighted by Crippen LogP contribution is 2.32. The van der Waals surface area contributed by atoms with Gasteiger partial charge in [0.1, 0.15) is 23.2 Å². The number of fused-ring (bicyclic) bond motifs is 1. The molecule has 1 aliphatic rings. The van der Waals surface area contributed by atoms with E-state index in [4.69, 9.17) is 0 Å². The molecule has 5 rings (SSSR count). The van der Waals surface area contributed by atoms with Crippen LogP contribution < -0.4 is 5.56 Å². The van der Waals surface area contributed by atoms with Gasteiger partial charge >= 0.3 is 0 Å². The average molecular weight is 449 g/mol. The Hall–Kier alpha value is -3.93. The first-order chi connectivity index (χ1) is 15.9. The summed E-state index contributed by atoms with van der Waals surface area (Å²) < 4.78 is 3.01. The van der Waals surface area contributed by atoms with Gasteiger partial charge < -0.3 is 15.0 Å². The normalized spacial score (nSPS) is 19.0. The largest absolute Gasteiger partial charge is 0.383 e. The number of aromatic amines is 1. The minimum atomic E-state index is -1.18. The van der Waals surface area contributed by atoms with Crippen molar-refractivity contribution < 1.29 is 9.90 Å². The van der Waals surface area contributed by atoms with Gasteiger partial charge in [0.05, 0.1) is 30.6 Å². The Bertz CT molecular complexity index is 1360. The number of likely N-dealkylation sites (tertiary alicyclic amines) is 1. The van der Waals surface area contributed by atoms with Crippen LogP contribution in [0.2, 0.25) is 0 Å². The molecule has 1 amide bonds. The van der Waals surface area contributed by atoms with Crippen molar-refractivity contribution in [2.24, 2.45) is 0 Å². The highest BCUT2D eigenvalue weighted by atomic mass is 16.3. The van der Waals surface area contributed by atoms with Crippen LogP contribution in [0.25, 0.3) is 16.7 Å². The zero-order valence-corrected chi connectivity index (χ0v) is 18.0. The van der Waals surface area contributed by atoms with E-state index in [1.54, 1.807) is 22.0 Å². The summed E-state index contributed by atoms with van der Waals surface area (Å²) in [6.45, 7) is 2.74.